The molecule has 4 nitrogen and oxygen atoms in total. The summed E-state index contributed by atoms with van der Waals surface area (Å²) in [5.41, 5.74) is 2.16. The number of nitrogens with one attached hydrogen (secondary N) is 1. The number of anilines is 1. The fraction of sp³-hybridized carbons (Fsp3) is 0.188. The molecular formula is C16H16FNO3. The number of aryl methyl sites for hydroxylation is 1. The van der Waals surface area contributed by atoms with Crippen LogP contribution < -0.4 is 10.1 Å². The standard InChI is InChI=1S/C16H16FNO3/c1-11-2-4-14(5-3-11)18-16(20)10-21-15-7-12(9-19)6-13(17)8-15/h2-8,19H,9-10H2,1H3,(H,18,20). The van der Waals surface area contributed by atoms with Gasteiger partial charge in [0.15, 0.2) is 6.61 Å². The Hall–Kier alpha value is -2.40. The van der Waals surface area contributed by atoms with E-state index < -0.39 is 5.82 Å². The molecule has 1 amide bonds. The topological polar surface area (TPSA) is 58.6 Å². The van der Waals surface area contributed by atoms with Gasteiger partial charge in [0.25, 0.3) is 5.91 Å². The molecule has 0 fully saturated rings. The molecule has 0 spiro atoms. The second kappa shape index (κ2) is 6.85. The van der Waals surface area contributed by atoms with E-state index in [1.165, 1.54) is 12.1 Å². The van der Waals surface area contributed by atoms with E-state index in [-0.39, 0.29) is 24.9 Å². The summed E-state index contributed by atoms with van der Waals surface area (Å²) in [6, 6.07) is 11.2. The van der Waals surface area contributed by atoms with Crippen LogP contribution in [0.1, 0.15) is 11.1 Å². The van der Waals surface area contributed by atoms with E-state index in [0.717, 1.165) is 11.6 Å². The molecule has 2 aromatic rings. The Morgan fingerprint density at radius 1 is 1.24 bits per heavy atom. The lowest BCUT2D eigenvalue weighted by molar-refractivity contribution is -0.118. The largest absolute Gasteiger partial charge is 0.484 e. The van der Waals surface area contributed by atoms with Gasteiger partial charge in [-0.2, -0.15) is 0 Å². The van der Waals surface area contributed by atoms with Gasteiger partial charge in [0.1, 0.15) is 11.6 Å². The molecule has 2 aromatic carbocycles. The van der Waals surface area contributed by atoms with E-state index >= 15 is 0 Å². The molecule has 0 aliphatic carbocycles. The Kier molecular flexibility index (Phi) is 4.90. The molecule has 0 heterocycles. The number of hydrogen-bond donors (Lipinski definition) is 2. The summed E-state index contributed by atoms with van der Waals surface area (Å²) in [6.07, 6.45) is 0. The molecule has 0 bridgehead atoms. The number of halogens is 1. The average molecular weight is 289 g/mol. The Morgan fingerprint density at radius 2 is 1.95 bits per heavy atom. The molecule has 0 atom stereocenters. The van der Waals surface area contributed by atoms with Crippen LogP contribution in [0.4, 0.5) is 10.1 Å². The van der Waals surface area contributed by atoms with Gasteiger partial charge >= 0.3 is 0 Å². The van der Waals surface area contributed by atoms with Crippen molar-refractivity contribution in [2.45, 2.75) is 13.5 Å². The molecule has 0 aliphatic heterocycles. The van der Waals surface area contributed by atoms with Gasteiger partial charge in [0, 0.05) is 11.8 Å². The van der Waals surface area contributed by atoms with Gasteiger partial charge in [-0.3, -0.25) is 4.79 Å². The molecule has 0 radical (unpaired) electrons. The lowest BCUT2D eigenvalue weighted by Crippen LogP contribution is -2.20. The van der Waals surface area contributed by atoms with Crippen molar-refractivity contribution in [1.82, 2.24) is 0 Å². The third-order valence-corrected chi connectivity index (χ3v) is 2.82. The number of amides is 1. The van der Waals surface area contributed by atoms with Crippen LogP contribution >= 0.6 is 0 Å². The number of rotatable bonds is 5. The lowest BCUT2D eigenvalue weighted by atomic mass is 10.2. The summed E-state index contributed by atoms with van der Waals surface area (Å²) >= 11 is 0. The molecule has 110 valence electrons. The monoisotopic (exact) mass is 289 g/mol. The van der Waals surface area contributed by atoms with Gasteiger partial charge in [0.05, 0.1) is 6.61 Å². The van der Waals surface area contributed by atoms with Crippen LogP contribution in [0.15, 0.2) is 42.5 Å². The molecular weight excluding hydrogens is 273 g/mol. The van der Waals surface area contributed by atoms with Gasteiger partial charge in [-0.1, -0.05) is 17.7 Å². The fourth-order valence-electron chi connectivity index (χ4n) is 1.78. The number of carbonyl (C=O) groups is 1. The summed E-state index contributed by atoms with van der Waals surface area (Å²) in [5.74, 6) is -0.651. The first-order valence-electron chi connectivity index (χ1n) is 6.46. The van der Waals surface area contributed by atoms with E-state index in [9.17, 15) is 9.18 Å². The third-order valence-electron chi connectivity index (χ3n) is 2.82. The van der Waals surface area contributed by atoms with E-state index in [2.05, 4.69) is 5.32 Å². The highest BCUT2D eigenvalue weighted by atomic mass is 19.1. The van der Waals surface area contributed by atoms with Gasteiger partial charge < -0.3 is 15.2 Å². The minimum Gasteiger partial charge on any atom is -0.484 e. The number of aliphatic hydroxyl groups is 1. The van der Waals surface area contributed by atoms with E-state index in [1.54, 1.807) is 12.1 Å². The number of aliphatic hydroxyl groups excluding tert-OH is 1. The average Bonchev–Trinajstić information content (AvgIpc) is 2.47. The molecule has 0 aliphatic rings. The molecule has 5 heteroatoms. The molecule has 21 heavy (non-hydrogen) atoms. The highest BCUT2D eigenvalue weighted by Gasteiger charge is 2.06. The Balaban J connectivity index is 1.92. The number of carbonyl (C=O) groups excluding carboxylic acids is 1. The van der Waals surface area contributed by atoms with Crippen molar-refractivity contribution < 1.29 is 19.0 Å². The summed E-state index contributed by atoms with van der Waals surface area (Å²) in [6.45, 7) is 1.43. The van der Waals surface area contributed by atoms with Gasteiger partial charge in [-0.15, -0.1) is 0 Å². The normalized spacial score (nSPS) is 10.2. The van der Waals surface area contributed by atoms with E-state index in [4.69, 9.17) is 9.84 Å². The first-order valence-corrected chi connectivity index (χ1v) is 6.46. The molecule has 2 rings (SSSR count). The summed E-state index contributed by atoms with van der Waals surface area (Å²) in [5, 5.41) is 11.7. The second-order valence-electron chi connectivity index (χ2n) is 4.66. The van der Waals surface area contributed by atoms with Crippen molar-refractivity contribution in [3.8, 4) is 5.75 Å². The highest BCUT2D eigenvalue weighted by Crippen LogP contribution is 2.16. The predicted molar refractivity (Wildman–Crippen MR) is 77.6 cm³/mol. The smallest absolute Gasteiger partial charge is 0.262 e. The summed E-state index contributed by atoms with van der Waals surface area (Å²) in [4.78, 5) is 11.7. The summed E-state index contributed by atoms with van der Waals surface area (Å²) in [7, 11) is 0. The quantitative estimate of drug-likeness (QED) is 0.889. The van der Waals surface area contributed by atoms with E-state index in [1.807, 2.05) is 19.1 Å². The predicted octanol–water partition coefficient (Wildman–Crippen LogP) is 2.64. The number of benzene rings is 2. The minimum absolute atomic E-state index is 0.207. The third kappa shape index (κ3) is 4.57. The van der Waals surface area contributed by atoms with Crippen molar-refractivity contribution in [3.63, 3.8) is 0 Å². The lowest BCUT2D eigenvalue weighted by Gasteiger charge is -2.09. The Morgan fingerprint density at radius 3 is 2.62 bits per heavy atom. The molecule has 0 unspecified atom stereocenters. The van der Waals surface area contributed by atoms with Crippen LogP contribution in [0.25, 0.3) is 0 Å². The van der Waals surface area contributed by atoms with E-state index in [0.29, 0.717) is 11.3 Å². The highest BCUT2D eigenvalue weighted by molar-refractivity contribution is 5.91. The minimum atomic E-state index is -0.518. The van der Waals surface area contributed by atoms with Crippen LogP contribution in [0.3, 0.4) is 0 Å². The van der Waals surface area contributed by atoms with Crippen molar-refractivity contribution in [2.24, 2.45) is 0 Å². The molecule has 0 saturated heterocycles. The van der Waals surface area contributed by atoms with Crippen molar-refractivity contribution in [2.75, 3.05) is 11.9 Å². The zero-order valence-electron chi connectivity index (χ0n) is 11.6. The zero-order valence-corrected chi connectivity index (χ0v) is 11.6. The SMILES string of the molecule is Cc1ccc(NC(=O)COc2cc(F)cc(CO)c2)cc1. The van der Waals surface area contributed by atoms with Crippen molar-refractivity contribution in [1.29, 1.82) is 0 Å². The van der Waals surface area contributed by atoms with Crippen molar-refractivity contribution in [3.05, 3.63) is 59.4 Å². The van der Waals surface area contributed by atoms with Crippen LogP contribution in [-0.2, 0) is 11.4 Å². The maximum absolute atomic E-state index is 13.2. The maximum Gasteiger partial charge on any atom is 0.262 e. The van der Waals surface area contributed by atoms with Gasteiger partial charge in [-0.05, 0) is 36.8 Å². The summed E-state index contributed by atoms with van der Waals surface area (Å²) < 4.78 is 18.5. The number of hydrogen-bond acceptors (Lipinski definition) is 3. The van der Waals surface area contributed by atoms with Crippen molar-refractivity contribution >= 4 is 11.6 Å². The fourth-order valence-corrected chi connectivity index (χ4v) is 1.78. The second-order valence-corrected chi connectivity index (χ2v) is 4.66. The molecule has 0 aromatic heterocycles. The van der Waals surface area contributed by atoms with Gasteiger partial charge in [-0.25, -0.2) is 4.39 Å². The van der Waals surface area contributed by atoms with Crippen LogP contribution in [-0.4, -0.2) is 17.6 Å². The van der Waals surface area contributed by atoms with Crippen LogP contribution in [0.5, 0.6) is 5.75 Å². The zero-order chi connectivity index (χ0) is 15.2. The van der Waals surface area contributed by atoms with Crippen LogP contribution in [0, 0.1) is 12.7 Å². The van der Waals surface area contributed by atoms with Gasteiger partial charge in [0.2, 0.25) is 0 Å². The first kappa shape index (κ1) is 15.0. The molecule has 2 N–H and O–H groups in total. The van der Waals surface area contributed by atoms with Crippen LogP contribution in [0.2, 0.25) is 0 Å². The maximum atomic E-state index is 13.2. The Labute approximate surface area is 122 Å². The molecule has 0 saturated carbocycles. The number of ether oxygens (including phenoxy) is 1. The first-order chi connectivity index (χ1) is 10.1. The Bertz CT molecular complexity index is 626.